The molecule has 6 rings (SSSR count). The first kappa shape index (κ1) is 21.5. The SMILES string of the molecule is CN(C)c1ccc(C(=O)NCC2CC3CCN2CC3CN2CCc3ccccc3C2)cc1. The van der Waals surface area contributed by atoms with E-state index in [4.69, 9.17) is 0 Å². The third-order valence-corrected chi connectivity index (χ3v) is 7.86. The van der Waals surface area contributed by atoms with Gasteiger partial charge in [0.1, 0.15) is 0 Å². The first-order valence-electron chi connectivity index (χ1n) is 12.2. The van der Waals surface area contributed by atoms with E-state index in [9.17, 15) is 4.79 Å². The summed E-state index contributed by atoms with van der Waals surface area (Å²) in [4.78, 5) is 20.0. The average Bonchev–Trinajstić information content (AvgIpc) is 2.83. The van der Waals surface area contributed by atoms with Crippen LogP contribution in [0.1, 0.15) is 34.3 Å². The molecule has 2 aromatic carbocycles. The topological polar surface area (TPSA) is 38.8 Å². The number of rotatable bonds is 6. The molecule has 1 N–H and O–H groups in total. The number of amides is 1. The van der Waals surface area contributed by atoms with Crippen LogP contribution in [-0.2, 0) is 13.0 Å². The molecule has 2 aromatic rings. The summed E-state index contributed by atoms with van der Waals surface area (Å²) in [6, 6.07) is 17.3. The van der Waals surface area contributed by atoms with E-state index in [1.807, 2.05) is 43.3 Å². The van der Waals surface area contributed by atoms with Gasteiger partial charge < -0.3 is 10.2 Å². The number of anilines is 1. The highest BCUT2D eigenvalue weighted by molar-refractivity contribution is 5.94. The normalized spacial score (nSPS) is 27.1. The van der Waals surface area contributed by atoms with E-state index in [1.54, 1.807) is 0 Å². The molecule has 32 heavy (non-hydrogen) atoms. The average molecular weight is 433 g/mol. The largest absolute Gasteiger partial charge is 0.378 e. The highest BCUT2D eigenvalue weighted by atomic mass is 16.1. The monoisotopic (exact) mass is 432 g/mol. The van der Waals surface area contributed by atoms with Gasteiger partial charge in [-0.25, -0.2) is 0 Å². The Balaban J connectivity index is 1.12. The molecule has 4 aliphatic heterocycles. The third-order valence-electron chi connectivity index (χ3n) is 7.86. The Bertz CT molecular complexity index is 941. The van der Waals surface area contributed by atoms with Gasteiger partial charge in [-0.05, 0) is 73.0 Å². The molecule has 2 bridgehead atoms. The summed E-state index contributed by atoms with van der Waals surface area (Å²) in [5.74, 6) is 1.60. The summed E-state index contributed by atoms with van der Waals surface area (Å²) in [6.07, 6.45) is 3.71. The molecule has 3 fully saturated rings. The molecule has 0 aromatic heterocycles. The minimum Gasteiger partial charge on any atom is -0.378 e. The second-order valence-corrected chi connectivity index (χ2v) is 10.1. The van der Waals surface area contributed by atoms with Crippen molar-refractivity contribution in [3.05, 3.63) is 65.2 Å². The number of nitrogens with one attached hydrogen (secondary N) is 1. The van der Waals surface area contributed by atoms with E-state index >= 15 is 0 Å². The van der Waals surface area contributed by atoms with E-state index in [0.717, 1.165) is 36.2 Å². The zero-order valence-corrected chi connectivity index (χ0v) is 19.5. The van der Waals surface area contributed by atoms with Crippen molar-refractivity contribution in [2.75, 3.05) is 51.7 Å². The summed E-state index contributed by atoms with van der Waals surface area (Å²) in [6.45, 7) is 6.63. The maximum absolute atomic E-state index is 12.7. The van der Waals surface area contributed by atoms with Gasteiger partial charge in [-0.15, -0.1) is 0 Å². The van der Waals surface area contributed by atoms with Crippen LogP contribution in [0, 0.1) is 11.8 Å². The van der Waals surface area contributed by atoms with Crippen LogP contribution in [0.25, 0.3) is 0 Å². The van der Waals surface area contributed by atoms with Gasteiger partial charge in [-0.2, -0.15) is 0 Å². The molecular formula is C27H36N4O. The molecule has 0 spiro atoms. The number of nitrogens with zero attached hydrogens (tertiary/aromatic N) is 3. The maximum Gasteiger partial charge on any atom is 0.251 e. The van der Waals surface area contributed by atoms with Crippen molar-refractivity contribution in [3.8, 4) is 0 Å². The minimum absolute atomic E-state index is 0.0430. The quantitative estimate of drug-likeness (QED) is 0.761. The number of hydrogen-bond donors (Lipinski definition) is 1. The van der Waals surface area contributed by atoms with Gasteiger partial charge in [-0.3, -0.25) is 14.6 Å². The maximum atomic E-state index is 12.7. The lowest BCUT2D eigenvalue weighted by molar-refractivity contribution is -0.0130. The van der Waals surface area contributed by atoms with Crippen LogP contribution >= 0.6 is 0 Å². The Hall–Kier alpha value is -2.37. The van der Waals surface area contributed by atoms with Crippen LogP contribution < -0.4 is 10.2 Å². The standard InChI is InChI=1S/C27H36N4O/c1-29(2)25-9-7-21(8-10-25)27(32)28-16-26-15-22-12-14-31(26)19-24(22)18-30-13-11-20-5-3-4-6-23(20)17-30/h3-10,22,24,26H,11-19H2,1-2H3,(H,28,32). The third kappa shape index (κ3) is 4.55. The lowest BCUT2D eigenvalue weighted by Gasteiger charge is -2.51. The predicted molar refractivity (Wildman–Crippen MR) is 130 cm³/mol. The summed E-state index contributed by atoms with van der Waals surface area (Å²) in [5, 5.41) is 3.20. The minimum atomic E-state index is 0.0430. The first-order chi connectivity index (χ1) is 15.6. The molecule has 4 atom stereocenters. The number of benzene rings is 2. The van der Waals surface area contributed by atoms with Crippen LogP contribution in [-0.4, -0.2) is 68.6 Å². The van der Waals surface area contributed by atoms with Crippen molar-refractivity contribution in [1.29, 1.82) is 0 Å². The molecule has 5 nitrogen and oxygen atoms in total. The predicted octanol–water partition coefficient (Wildman–Crippen LogP) is 3.25. The Labute approximate surface area is 192 Å². The zero-order valence-electron chi connectivity index (χ0n) is 19.5. The van der Waals surface area contributed by atoms with Crippen molar-refractivity contribution in [3.63, 3.8) is 0 Å². The molecule has 0 radical (unpaired) electrons. The van der Waals surface area contributed by atoms with Gasteiger partial charge in [-0.1, -0.05) is 24.3 Å². The van der Waals surface area contributed by atoms with Crippen molar-refractivity contribution in [2.24, 2.45) is 11.8 Å². The fourth-order valence-corrected chi connectivity index (χ4v) is 5.93. The van der Waals surface area contributed by atoms with E-state index in [2.05, 4.69) is 39.4 Å². The molecule has 5 heteroatoms. The summed E-state index contributed by atoms with van der Waals surface area (Å²) >= 11 is 0. The lowest BCUT2D eigenvalue weighted by atomic mass is 9.75. The van der Waals surface area contributed by atoms with Crippen molar-refractivity contribution in [2.45, 2.75) is 31.8 Å². The van der Waals surface area contributed by atoms with Crippen molar-refractivity contribution >= 4 is 11.6 Å². The molecule has 1 amide bonds. The fraction of sp³-hybridized carbons (Fsp3) is 0.519. The molecule has 0 saturated carbocycles. The van der Waals surface area contributed by atoms with E-state index < -0.39 is 0 Å². The van der Waals surface area contributed by atoms with Crippen molar-refractivity contribution < 1.29 is 4.79 Å². The second-order valence-electron chi connectivity index (χ2n) is 10.1. The van der Waals surface area contributed by atoms with E-state index in [1.165, 1.54) is 56.6 Å². The Morgan fingerprint density at radius 3 is 2.56 bits per heavy atom. The summed E-state index contributed by atoms with van der Waals surface area (Å²) in [7, 11) is 4.03. The zero-order chi connectivity index (χ0) is 22.1. The molecule has 170 valence electrons. The number of piperidine rings is 3. The highest BCUT2D eigenvalue weighted by Gasteiger charge is 2.40. The molecule has 3 saturated heterocycles. The fourth-order valence-electron chi connectivity index (χ4n) is 5.93. The Morgan fingerprint density at radius 1 is 1.06 bits per heavy atom. The first-order valence-corrected chi connectivity index (χ1v) is 12.2. The van der Waals surface area contributed by atoms with Crippen LogP contribution in [0.3, 0.4) is 0 Å². The molecule has 4 aliphatic rings. The number of carbonyl (C=O) groups excluding carboxylic acids is 1. The van der Waals surface area contributed by atoms with Crippen LogP contribution in [0.15, 0.2) is 48.5 Å². The van der Waals surface area contributed by atoms with E-state index in [-0.39, 0.29) is 5.91 Å². The molecule has 0 aliphatic carbocycles. The summed E-state index contributed by atoms with van der Waals surface area (Å²) < 4.78 is 0. The number of fused-ring (bicyclic) bond motifs is 4. The number of hydrogen-bond acceptors (Lipinski definition) is 4. The second kappa shape index (κ2) is 9.24. The molecule has 4 unspecified atom stereocenters. The van der Waals surface area contributed by atoms with Crippen LogP contribution in [0.2, 0.25) is 0 Å². The molecular weight excluding hydrogens is 396 g/mol. The highest BCUT2D eigenvalue weighted by Crippen LogP contribution is 2.37. The molecule has 4 heterocycles. The van der Waals surface area contributed by atoms with Gasteiger partial charge >= 0.3 is 0 Å². The van der Waals surface area contributed by atoms with E-state index in [0.29, 0.717) is 6.04 Å². The van der Waals surface area contributed by atoms with Crippen molar-refractivity contribution in [1.82, 2.24) is 15.1 Å². The van der Waals surface area contributed by atoms with Gasteiger partial charge in [0, 0.05) is 64.1 Å². The van der Waals surface area contributed by atoms with Crippen LogP contribution in [0.4, 0.5) is 5.69 Å². The van der Waals surface area contributed by atoms with Gasteiger partial charge in [0.15, 0.2) is 0 Å². The Kier molecular flexibility index (Phi) is 6.20. The van der Waals surface area contributed by atoms with Gasteiger partial charge in [0.2, 0.25) is 0 Å². The lowest BCUT2D eigenvalue weighted by Crippen LogP contribution is -2.58. The van der Waals surface area contributed by atoms with Gasteiger partial charge in [0.05, 0.1) is 0 Å². The number of carbonyl (C=O) groups is 1. The van der Waals surface area contributed by atoms with Crippen LogP contribution in [0.5, 0.6) is 0 Å². The summed E-state index contributed by atoms with van der Waals surface area (Å²) in [5.41, 5.74) is 4.90. The smallest absolute Gasteiger partial charge is 0.251 e. The van der Waals surface area contributed by atoms with Gasteiger partial charge in [0.25, 0.3) is 5.91 Å². The Morgan fingerprint density at radius 2 is 1.84 bits per heavy atom.